The minimum Gasteiger partial charge on any atom is -0.353 e. The van der Waals surface area contributed by atoms with Crippen LogP contribution in [0.25, 0.3) is 0 Å². The standard InChI is InChI=1S/C17H28O2/c1-4-7-13-16(17(18-5-2)19-6-3)14-15-11-9-8-10-12-15/h8-12,16-17H,4-7,13-14H2,1-3H3. The largest absolute Gasteiger partial charge is 0.353 e. The average molecular weight is 264 g/mol. The summed E-state index contributed by atoms with van der Waals surface area (Å²) < 4.78 is 11.6. The van der Waals surface area contributed by atoms with Crippen LogP contribution in [0, 0.1) is 5.92 Å². The Morgan fingerprint density at radius 3 is 2.11 bits per heavy atom. The van der Waals surface area contributed by atoms with Crippen LogP contribution >= 0.6 is 0 Å². The van der Waals surface area contributed by atoms with Crippen molar-refractivity contribution in [3.63, 3.8) is 0 Å². The summed E-state index contributed by atoms with van der Waals surface area (Å²) in [5.41, 5.74) is 1.37. The zero-order valence-electron chi connectivity index (χ0n) is 12.6. The third-order valence-electron chi connectivity index (χ3n) is 3.32. The molecule has 1 aromatic rings. The van der Waals surface area contributed by atoms with E-state index in [0.29, 0.717) is 19.1 Å². The van der Waals surface area contributed by atoms with Crippen LogP contribution in [0.4, 0.5) is 0 Å². The molecule has 0 aromatic heterocycles. The van der Waals surface area contributed by atoms with Gasteiger partial charge in [0, 0.05) is 19.1 Å². The van der Waals surface area contributed by atoms with Crippen molar-refractivity contribution < 1.29 is 9.47 Å². The molecular formula is C17H28O2. The Bertz CT molecular complexity index is 304. The minimum absolute atomic E-state index is 0.0678. The molecule has 1 unspecified atom stereocenters. The van der Waals surface area contributed by atoms with Crippen molar-refractivity contribution in [3.05, 3.63) is 35.9 Å². The fraction of sp³-hybridized carbons (Fsp3) is 0.647. The number of hydrogen-bond acceptors (Lipinski definition) is 2. The molecule has 0 N–H and O–H groups in total. The molecule has 1 aromatic carbocycles. The highest BCUT2D eigenvalue weighted by Gasteiger charge is 2.22. The van der Waals surface area contributed by atoms with E-state index in [4.69, 9.17) is 9.47 Å². The molecular weight excluding hydrogens is 236 g/mol. The van der Waals surface area contributed by atoms with Gasteiger partial charge in [-0.1, -0.05) is 50.1 Å². The van der Waals surface area contributed by atoms with Crippen molar-refractivity contribution in [3.8, 4) is 0 Å². The first kappa shape index (κ1) is 16.2. The van der Waals surface area contributed by atoms with E-state index >= 15 is 0 Å². The Hall–Kier alpha value is -0.860. The number of unbranched alkanes of at least 4 members (excludes halogenated alkanes) is 1. The molecule has 2 heteroatoms. The van der Waals surface area contributed by atoms with Gasteiger partial charge in [0.05, 0.1) is 0 Å². The van der Waals surface area contributed by atoms with Gasteiger partial charge in [-0.2, -0.15) is 0 Å². The highest BCUT2D eigenvalue weighted by molar-refractivity contribution is 5.15. The van der Waals surface area contributed by atoms with Crippen LogP contribution in [0.3, 0.4) is 0 Å². The van der Waals surface area contributed by atoms with Gasteiger partial charge in [0.15, 0.2) is 6.29 Å². The Balaban J connectivity index is 2.67. The molecule has 0 aliphatic rings. The lowest BCUT2D eigenvalue weighted by atomic mass is 9.93. The Labute approximate surface area is 118 Å². The van der Waals surface area contributed by atoms with Gasteiger partial charge in [0.1, 0.15) is 0 Å². The first-order chi connectivity index (χ1) is 9.31. The maximum absolute atomic E-state index is 5.79. The highest BCUT2D eigenvalue weighted by atomic mass is 16.7. The first-order valence-corrected chi connectivity index (χ1v) is 7.58. The van der Waals surface area contributed by atoms with Crippen molar-refractivity contribution in [2.45, 2.75) is 52.7 Å². The van der Waals surface area contributed by atoms with Crippen LogP contribution in [0.5, 0.6) is 0 Å². The minimum atomic E-state index is -0.0678. The van der Waals surface area contributed by atoms with E-state index in [1.807, 2.05) is 13.8 Å². The Morgan fingerprint density at radius 1 is 0.947 bits per heavy atom. The van der Waals surface area contributed by atoms with Gasteiger partial charge in [-0.3, -0.25) is 0 Å². The number of ether oxygens (including phenoxy) is 2. The van der Waals surface area contributed by atoms with Crippen LogP contribution < -0.4 is 0 Å². The van der Waals surface area contributed by atoms with Gasteiger partial charge in [-0.05, 0) is 32.3 Å². The van der Waals surface area contributed by atoms with Crippen LogP contribution in [0.2, 0.25) is 0 Å². The van der Waals surface area contributed by atoms with Crippen LogP contribution in [0.1, 0.15) is 45.6 Å². The highest BCUT2D eigenvalue weighted by Crippen LogP contribution is 2.22. The summed E-state index contributed by atoms with van der Waals surface area (Å²) in [5.74, 6) is 0.447. The predicted octanol–water partition coefficient (Wildman–Crippen LogP) is 4.43. The zero-order valence-corrected chi connectivity index (χ0v) is 12.6. The second-order valence-corrected chi connectivity index (χ2v) is 4.87. The van der Waals surface area contributed by atoms with Crippen molar-refractivity contribution >= 4 is 0 Å². The van der Waals surface area contributed by atoms with E-state index in [0.717, 1.165) is 12.8 Å². The lowest BCUT2D eigenvalue weighted by Crippen LogP contribution is -2.29. The second-order valence-electron chi connectivity index (χ2n) is 4.87. The molecule has 1 rings (SSSR count). The Morgan fingerprint density at radius 2 is 1.58 bits per heavy atom. The third kappa shape index (κ3) is 6.22. The first-order valence-electron chi connectivity index (χ1n) is 7.58. The maximum Gasteiger partial charge on any atom is 0.160 e. The van der Waals surface area contributed by atoms with Gasteiger partial charge < -0.3 is 9.47 Å². The molecule has 19 heavy (non-hydrogen) atoms. The topological polar surface area (TPSA) is 18.5 Å². The summed E-state index contributed by atoms with van der Waals surface area (Å²) >= 11 is 0. The van der Waals surface area contributed by atoms with Crippen LogP contribution in [-0.4, -0.2) is 19.5 Å². The quantitative estimate of drug-likeness (QED) is 0.582. The van der Waals surface area contributed by atoms with Crippen molar-refractivity contribution in [2.75, 3.05) is 13.2 Å². The van der Waals surface area contributed by atoms with Gasteiger partial charge >= 0.3 is 0 Å². The molecule has 0 spiro atoms. The zero-order chi connectivity index (χ0) is 13.9. The summed E-state index contributed by atoms with van der Waals surface area (Å²) in [7, 11) is 0. The summed E-state index contributed by atoms with van der Waals surface area (Å²) in [6, 6.07) is 10.6. The normalized spacial score (nSPS) is 12.8. The molecule has 2 nitrogen and oxygen atoms in total. The Kier molecular flexibility index (Phi) is 8.52. The fourth-order valence-electron chi connectivity index (χ4n) is 2.37. The lowest BCUT2D eigenvalue weighted by Gasteiger charge is -2.27. The number of rotatable bonds is 10. The fourth-order valence-corrected chi connectivity index (χ4v) is 2.37. The van der Waals surface area contributed by atoms with E-state index in [1.54, 1.807) is 0 Å². The average Bonchev–Trinajstić information content (AvgIpc) is 2.44. The van der Waals surface area contributed by atoms with Gasteiger partial charge in [-0.15, -0.1) is 0 Å². The molecule has 0 saturated carbocycles. The monoisotopic (exact) mass is 264 g/mol. The maximum atomic E-state index is 5.79. The van der Waals surface area contributed by atoms with Gasteiger partial charge in [0.2, 0.25) is 0 Å². The van der Waals surface area contributed by atoms with Crippen molar-refractivity contribution in [2.24, 2.45) is 5.92 Å². The second kappa shape index (κ2) is 9.99. The van der Waals surface area contributed by atoms with Crippen molar-refractivity contribution in [1.82, 2.24) is 0 Å². The molecule has 0 aliphatic heterocycles. The van der Waals surface area contributed by atoms with Crippen LogP contribution in [0.15, 0.2) is 30.3 Å². The van der Waals surface area contributed by atoms with E-state index in [9.17, 15) is 0 Å². The SMILES string of the molecule is CCCCC(Cc1ccccc1)C(OCC)OCC. The molecule has 0 radical (unpaired) electrons. The molecule has 108 valence electrons. The van der Waals surface area contributed by atoms with Gasteiger partial charge in [-0.25, -0.2) is 0 Å². The molecule has 0 heterocycles. The van der Waals surface area contributed by atoms with E-state index < -0.39 is 0 Å². The van der Waals surface area contributed by atoms with Gasteiger partial charge in [0.25, 0.3) is 0 Å². The molecule has 0 bridgehead atoms. The van der Waals surface area contributed by atoms with E-state index in [1.165, 1.54) is 18.4 Å². The van der Waals surface area contributed by atoms with E-state index in [-0.39, 0.29) is 6.29 Å². The molecule has 1 atom stereocenters. The summed E-state index contributed by atoms with van der Waals surface area (Å²) in [5, 5.41) is 0. The van der Waals surface area contributed by atoms with Crippen LogP contribution in [-0.2, 0) is 15.9 Å². The summed E-state index contributed by atoms with van der Waals surface area (Å²) in [4.78, 5) is 0. The molecule has 0 fully saturated rings. The molecule has 0 amide bonds. The third-order valence-corrected chi connectivity index (χ3v) is 3.32. The molecule has 0 aliphatic carbocycles. The summed E-state index contributed by atoms with van der Waals surface area (Å²) in [6.07, 6.45) is 4.58. The smallest absolute Gasteiger partial charge is 0.160 e. The lowest BCUT2D eigenvalue weighted by molar-refractivity contribution is -0.168. The summed E-state index contributed by atoms with van der Waals surface area (Å²) in [6.45, 7) is 7.72. The van der Waals surface area contributed by atoms with Crippen molar-refractivity contribution in [1.29, 1.82) is 0 Å². The van der Waals surface area contributed by atoms with E-state index in [2.05, 4.69) is 37.3 Å². The number of hydrogen-bond donors (Lipinski definition) is 0. The number of benzene rings is 1. The predicted molar refractivity (Wildman–Crippen MR) is 80.2 cm³/mol. The molecule has 0 saturated heterocycles.